The fourth-order valence-corrected chi connectivity index (χ4v) is 3.15. The quantitative estimate of drug-likeness (QED) is 0.290. The van der Waals surface area contributed by atoms with Crippen LogP contribution in [0.15, 0.2) is 103 Å². The molecule has 0 atom stereocenters. The van der Waals surface area contributed by atoms with Crippen molar-refractivity contribution in [1.29, 1.82) is 0 Å². The van der Waals surface area contributed by atoms with Gasteiger partial charge in [0.1, 0.15) is 0 Å². The normalized spacial score (nSPS) is 10.2. The molecule has 132 valence electrons. The molecule has 0 N–H and O–H groups in total. The molecule has 0 aliphatic heterocycles. The maximum atomic E-state index is 12.5. The molecule has 2 nitrogen and oxygen atoms in total. The number of ketones is 1. The molecule has 0 saturated heterocycles. The summed E-state index contributed by atoms with van der Waals surface area (Å²) in [6.45, 7) is 7.04. The van der Waals surface area contributed by atoms with Gasteiger partial charge >= 0.3 is 0 Å². The Hall–Kier alpha value is -3.96. The van der Waals surface area contributed by atoms with Gasteiger partial charge in [0.05, 0.1) is 6.57 Å². The molecule has 0 amide bonds. The number of rotatable bonds is 4. The van der Waals surface area contributed by atoms with Gasteiger partial charge in [-0.1, -0.05) is 103 Å². The molecule has 0 fully saturated rings. The standard InChI is InChI=1S/C26H17NO/c1-27-25-17-15-22(16-18-25)20-9-7-19(8-10-20)21-11-13-24(14-12-21)26(28)23-5-3-2-4-6-23/h2-18H. The van der Waals surface area contributed by atoms with Gasteiger partial charge in [-0.3, -0.25) is 4.79 Å². The van der Waals surface area contributed by atoms with Gasteiger partial charge in [-0.25, -0.2) is 4.85 Å². The van der Waals surface area contributed by atoms with E-state index in [1.807, 2.05) is 78.9 Å². The van der Waals surface area contributed by atoms with Crippen LogP contribution in [-0.2, 0) is 0 Å². The summed E-state index contributed by atoms with van der Waals surface area (Å²) < 4.78 is 0. The van der Waals surface area contributed by atoms with Gasteiger partial charge in [-0.2, -0.15) is 0 Å². The maximum Gasteiger partial charge on any atom is 0.193 e. The lowest BCUT2D eigenvalue weighted by atomic mass is 9.97. The molecule has 0 saturated carbocycles. The van der Waals surface area contributed by atoms with Crippen molar-refractivity contribution >= 4 is 11.5 Å². The molecular weight excluding hydrogens is 342 g/mol. The first-order chi connectivity index (χ1) is 13.7. The summed E-state index contributed by atoms with van der Waals surface area (Å²) in [6.07, 6.45) is 0. The summed E-state index contributed by atoms with van der Waals surface area (Å²) in [6, 6.07) is 32.9. The Morgan fingerprint density at radius 1 is 0.536 bits per heavy atom. The number of hydrogen-bond acceptors (Lipinski definition) is 1. The van der Waals surface area contributed by atoms with E-state index in [1.165, 1.54) is 0 Å². The molecule has 0 bridgehead atoms. The van der Waals surface area contributed by atoms with Gasteiger partial charge < -0.3 is 0 Å². The summed E-state index contributed by atoms with van der Waals surface area (Å²) in [5.41, 5.74) is 6.39. The fourth-order valence-electron chi connectivity index (χ4n) is 3.15. The van der Waals surface area contributed by atoms with Crippen LogP contribution in [0.3, 0.4) is 0 Å². The maximum absolute atomic E-state index is 12.5. The first-order valence-electron chi connectivity index (χ1n) is 9.03. The van der Waals surface area contributed by atoms with E-state index < -0.39 is 0 Å². The summed E-state index contributed by atoms with van der Waals surface area (Å²) in [5.74, 6) is 0.0327. The predicted molar refractivity (Wildman–Crippen MR) is 113 cm³/mol. The lowest BCUT2D eigenvalue weighted by Crippen LogP contribution is -2.00. The second-order valence-electron chi connectivity index (χ2n) is 6.51. The second-order valence-corrected chi connectivity index (χ2v) is 6.51. The predicted octanol–water partition coefficient (Wildman–Crippen LogP) is 6.80. The van der Waals surface area contributed by atoms with Crippen LogP contribution in [0.25, 0.3) is 27.1 Å². The SMILES string of the molecule is [C-]#[N+]c1ccc(-c2ccc(-c3ccc(C(=O)c4ccccc4)cc3)cc2)cc1. The van der Waals surface area contributed by atoms with Crippen molar-refractivity contribution in [3.05, 3.63) is 126 Å². The number of carbonyl (C=O) groups excluding carboxylic acids is 1. The van der Waals surface area contributed by atoms with Crippen LogP contribution < -0.4 is 0 Å². The Labute approximate surface area is 164 Å². The smallest absolute Gasteiger partial charge is 0.193 e. The minimum absolute atomic E-state index is 0.0327. The van der Waals surface area contributed by atoms with E-state index in [0.717, 1.165) is 22.3 Å². The van der Waals surface area contributed by atoms with Crippen molar-refractivity contribution in [2.75, 3.05) is 0 Å². The second kappa shape index (κ2) is 7.73. The van der Waals surface area contributed by atoms with E-state index in [4.69, 9.17) is 6.57 Å². The van der Waals surface area contributed by atoms with Crippen LogP contribution in [0.4, 0.5) is 5.69 Å². The average molecular weight is 359 g/mol. The third-order valence-electron chi connectivity index (χ3n) is 4.73. The van der Waals surface area contributed by atoms with Gasteiger partial charge in [0.15, 0.2) is 11.5 Å². The zero-order valence-electron chi connectivity index (χ0n) is 15.2. The first kappa shape index (κ1) is 17.5. The van der Waals surface area contributed by atoms with Crippen LogP contribution in [0.1, 0.15) is 15.9 Å². The molecule has 0 aromatic heterocycles. The van der Waals surface area contributed by atoms with Crippen molar-refractivity contribution in [2.45, 2.75) is 0 Å². The average Bonchev–Trinajstić information content (AvgIpc) is 2.79. The summed E-state index contributed by atoms with van der Waals surface area (Å²) >= 11 is 0. The van der Waals surface area contributed by atoms with Gasteiger partial charge in [0.2, 0.25) is 0 Å². The molecule has 2 heteroatoms. The highest BCUT2D eigenvalue weighted by molar-refractivity contribution is 6.09. The molecule has 0 aliphatic rings. The van der Waals surface area contributed by atoms with E-state index in [1.54, 1.807) is 0 Å². The molecule has 0 radical (unpaired) electrons. The summed E-state index contributed by atoms with van der Waals surface area (Å²) in [5, 5.41) is 0. The number of carbonyl (C=O) groups is 1. The molecule has 4 aromatic rings. The van der Waals surface area contributed by atoms with Crippen molar-refractivity contribution in [3.63, 3.8) is 0 Å². The van der Waals surface area contributed by atoms with E-state index >= 15 is 0 Å². The van der Waals surface area contributed by atoms with Crippen molar-refractivity contribution in [3.8, 4) is 22.3 Å². The van der Waals surface area contributed by atoms with Gasteiger partial charge in [0.25, 0.3) is 0 Å². The largest absolute Gasteiger partial charge is 0.289 e. The van der Waals surface area contributed by atoms with Crippen LogP contribution in [0.5, 0.6) is 0 Å². The highest BCUT2D eigenvalue weighted by Crippen LogP contribution is 2.27. The third kappa shape index (κ3) is 3.60. The zero-order chi connectivity index (χ0) is 19.3. The molecule has 0 aliphatic carbocycles. The minimum Gasteiger partial charge on any atom is -0.289 e. The lowest BCUT2D eigenvalue weighted by Gasteiger charge is -2.07. The molecule has 4 rings (SSSR count). The molecular formula is C26H17NO. The Balaban J connectivity index is 1.54. The monoisotopic (exact) mass is 359 g/mol. The van der Waals surface area contributed by atoms with E-state index in [9.17, 15) is 4.79 Å². The highest BCUT2D eigenvalue weighted by atomic mass is 16.1. The van der Waals surface area contributed by atoms with E-state index in [0.29, 0.717) is 16.8 Å². The number of nitrogens with zero attached hydrogens (tertiary/aromatic N) is 1. The minimum atomic E-state index is 0.0327. The molecule has 0 unspecified atom stereocenters. The van der Waals surface area contributed by atoms with Crippen molar-refractivity contribution < 1.29 is 4.79 Å². The van der Waals surface area contributed by atoms with Crippen molar-refractivity contribution in [2.24, 2.45) is 0 Å². The molecule has 4 aromatic carbocycles. The molecule has 0 heterocycles. The number of benzene rings is 4. The number of hydrogen-bond donors (Lipinski definition) is 0. The zero-order valence-corrected chi connectivity index (χ0v) is 15.2. The lowest BCUT2D eigenvalue weighted by molar-refractivity contribution is 0.103. The van der Waals surface area contributed by atoms with Crippen LogP contribution in [0, 0.1) is 6.57 Å². The topological polar surface area (TPSA) is 21.4 Å². The first-order valence-corrected chi connectivity index (χ1v) is 9.03. The van der Waals surface area contributed by atoms with Crippen molar-refractivity contribution in [1.82, 2.24) is 0 Å². The third-order valence-corrected chi connectivity index (χ3v) is 4.73. The summed E-state index contributed by atoms with van der Waals surface area (Å²) in [4.78, 5) is 15.9. The fraction of sp³-hybridized carbons (Fsp3) is 0. The Bertz CT molecular complexity index is 1130. The van der Waals surface area contributed by atoms with Crippen LogP contribution in [0.2, 0.25) is 0 Å². The Morgan fingerprint density at radius 3 is 1.39 bits per heavy atom. The molecule has 0 spiro atoms. The Morgan fingerprint density at radius 2 is 0.929 bits per heavy atom. The molecule has 28 heavy (non-hydrogen) atoms. The van der Waals surface area contributed by atoms with Crippen LogP contribution in [-0.4, -0.2) is 5.78 Å². The van der Waals surface area contributed by atoms with Gasteiger partial charge in [-0.15, -0.1) is 0 Å². The summed E-state index contributed by atoms with van der Waals surface area (Å²) in [7, 11) is 0. The van der Waals surface area contributed by atoms with E-state index in [2.05, 4.69) is 29.1 Å². The highest BCUT2D eigenvalue weighted by Gasteiger charge is 2.08. The van der Waals surface area contributed by atoms with Crippen LogP contribution >= 0.6 is 0 Å². The van der Waals surface area contributed by atoms with E-state index in [-0.39, 0.29) is 5.78 Å². The Kier molecular flexibility index (Phi) is 4.82. The van der Waals surface area contributed by atoms with Gasteiger partial charge in [0, 0.05) is 11.1 Å². The van der Waals surface area contributed by atoms with Gasteiger partial charge in [-0.05, 0) is 22.3 Å².